The van der Waals surface area contributed by atoms with Crippen molar-refractivity contribution >= 4 is 12.2 Å². The number of para-hydroxylation sites is 1. The van der Waals surface area contributed by atoms with Gasteiger partial charge < -0.3 is 9.94 Å². The van der Waals surface area contributed by atoms with Crippen LogP contribution >= 0.6 is 0 Å². The van der Waals surface area contributed by atoms with Gasteiger partial charge in [0.1, 0.15) is 0 Å². The van der Waals surface area contributed by atoms with Gasteiger partial charge in [0, 0.05) is 11.8 Å². The molecular weight excluding hydrogens is 234 g/mol. The maximum absolute atomic E-state index is 10.2. The van der Waals surface area contributed by atoms with E-state index >= 15 is 0 Å². The molecule has 1 aromatic heterocycles. The van der Waals surface area contributed by atoms with E-state index in [2.05, 4.69) is 15.1 Å². The molecule has 0 saturated heterocycles. The minimum Gasteiger partial charge on any atom is -0.479 e. The number of rotatable bonds is 5. The van der Waals surface area contributed by atoms with Crippen LogP contribution in [-0.2, 0) is 9.63 Å². The van der Waals surface area contributed by atoms with Crippen molar-refractivity contribution in [3.8, 4) is 5.69 Å². The molecule has 92 valence electrons. The van der Waals surface area contributed by atoms with Crippen LogP contribution in [0.4, 0.5) is 0 Å². The number of aromatic nitrogens is 2. The Labute approximate surface area is 103 Å². The van der Waals surface area contributed by atoms with Gasteiger partial charge in [-0.1, -0.05) is 23.4 Å². The molecule has 18 heavy (non-hydrogen) atoms. The Morgan fingerprint density at radius 3 is 2.94 bits per heavy atom. The van der Waals surface area contributed by atoms with Crippen LogP contribution in [0.15, 0.2) is 47.9 Å². The molecule has 0 fully saturated rings. The summed E-state index contributed by atoms with van der Waals surface area (Å²) in [4.78, 5) is 14.7. The van der Waals surface area contributed by atoms with Gasteiger partial charge in [-0.2, -0.15) is 5.10 Å². The fourth-order valence-electron chi connectivity index (χ4n) is 1.32. The quantitative estimate of drug-likeness (QED) is 0.636. The third-order valence-electron chi connectivity index (χ3n) is 2.09. The van der Waals surface area contributed by atoms with Crippen molar-refractivity contribution in [1.82, 2.24) is 9.78 Å². The Balaban J connectivity index is 2.00. The lowest BCUT2D eigenvalue weighted by molar-refractivity contribution is -0.142. The first-order chi connectivity index (χ1) is 8.75. The summed E-state index contributed by atoms with van der Waals surface area (Å²) in [5, 5.41) is 16.0. The summed E-state index contributed by atoms with van der Waals surface area (Å²) in [5.74, 6) is -1.06. The molecule has 0 aliphatic rings. The van der Waals surface area contributed by atoms with Gasteiger partial charge in [-0.25, -0.2) is 9.48 Å². The third-order valence-corrected chi connectivity index (χ3v) is 2.09. The lowest BCUT2D eigenvalue weighted by Crippen LogP contribution is -2.03. The topological polar surface area (TPSA) is 76.7 Å². The predicted molar refractivity (Wildman–Crippen MR) is 64.7 cm³/mol. The summed E-state index contributed by atoms with van der Waals surface area (Å²) < 4.78 is 1.69. The maximum atomic E-state index is 10.2. The zero-order valence-electron chi connectivity index (χ0n) is 9.43. The molecule has 6 heteroatoms. The second-order valence-corrected chi connectivity index (χ2v) is 3.46. The zero-order chi connectivity index (χ0) is 12.8. The Morgan fingerprint density at radius 1 is 1.44 bits per heavy atom. The first-order valence-corrected chi connectivity index (χ1v) is 5.23. The van der Waals surface area contributed by atoms with E-state index < -0.39 is 12.6 Å². The van der Waals surface area contributed by atoms with Crippen molar-refractivity contribution < 1.29 is 14.7 Å². The number of nitrogens with zero attached hydrogens (tertiary/aromatic N) is 3. The van der Waals surface area contributed by atoms with Crippen LogP contribution in [0.25, 0.3) is 5.69 Å². The number of hydrogen-bond donors (Lipinski definition) is 1. The molecule has 0 atom stereocenters. The van der Waals surface area contributed by atoms with Crippen LogP contribution in [0.1, 0.15) is 5.56 Å². The maximum Gasteiger partial charge on any atom is 0.344 e. The van der Waals surface area contributed by atoms with E-state index in [1.54, 1.807) is 17.1 Å². The van der Waals surface area contributed by atoms with Crippen molar-refractivity contribution in [3.05, 3.63) is 48.3 Å². The van der Waals surface area contributed by atoms with Crippen LogP contribution < -0.4 is 0 Å². The smallest absolute Gasteiger partial charge is 0.344 e. The Kier molecular flexibility index (Phi) is 3.70. The molecule has 0 radical (unpaired) electrons. The molecule has 2 rings (SSSR count). The fourth-order valence-corrected chi connectivity index (χ4v) is 1.32. The Morgan fingerprint density at radius 2 is 2.22 bits per heavy atom. The van der Waals surface area contributed by atoms with Crippen LogP contribution in [0.5, 0.6) is 0 Å². The second kappa shape index (κ2) is 5.62. The van der Waals surface area contributed by atoms with E-state index in [9.17, 15) is 4.79 Å². The Hall–Kier alpha value is -2.63. The molecule has 1 aromatic carbocycles. The number of hydrogen-bond acceptors (Lipinski definition) is 4. The van der Waals surface area contributed by atoms with Crippen molar-refractivity contribution in [2.45, 2.75) is 0 Å². The first-order valence-electron chi connectivity index (χ1n) is 5.23. The molecule has 0 aliphatic heterocycles. The summed E-state index contributed by atoms with van der Waals surface area (Å²) in [6, 6.07) is 9.61. The van der Waals surface area contributed by atoms with Gasteiger partial charge in [0.05, 0.1) is 18.1 Å². The number of carbonyl (C=O) groups is 1. The SMILES string of the molecule is O=C(O)CON=Cc1cnn(-c2ccccc2)c1. The summed E-state index contributed by atoms with van der Waals surface area (Å²) in [5.41, 5.74) is 1.66. The number of aliphatic carboxylic acids is 1. The van der Waals surface area contributed by atoms with E-state index in [1.807, 2.05) is 30.3 Å². The van der Waals surface area contributed by atoms with Gasteiger partial charge in [-0.15, -0.1) is 0 Å². The van der Waals surface area contributed by atoms with Crippen LogP contribution in [0.2, 0.25) is 0 Å². The minimum atomic E-state index is -1.06. The van der Waals surface area contributed by atoms with Crippen molar-refractivity contribution in [3.63, 3.8) is 0 Å². The van der Waals surface area contributed by atoms with Gasteiger partial charge in [0.25, 0.3) is 0 Å². The van der Waals surface area contributed by atoms with Gasteiger partial charge in [0.15, 0.2) is 0 Å². The summed E-state index contributed by atoms with van der Waals surface area (Å²) in [7, 11) is 0. The molecule has 2 aromatic rings. The van der Waals surface area contributed by atoms with E-state index in [0.717, 1.165) is 11.3 Å². The lowest BCUT2D eigenvalue weighted by Gasteiger charge is -1.98. The molecule has 1 heterocycles. The Bertz CT molecular complexity index is 549. The lowest BCUT2D eigenvalue weighted by atomic mass is 10.3. The summed E-state index contributed by atoms with van der Waals surface area (Å²) >= 11 is 0. The van der Waals surface area contributed by atoms with Crippen molar-refractivity contribution in [1.29, 1.82) is 0 Å². The molecular formula is C12H11N3O3. The van der Waals surface area contributed by atoms with E-state index in [1.165, 1.54) is 6.21 Å². The summed E-state index contributed by atoms with van der Waals surface area (Å²) in [6.07, 6.45) is 4.79. The molecule has 0 saturated carbocycles. The molecule has 0 spiro atoms. The normalized spacial score (nSPS) is 10.7. The predicted octanol–water partition coefficient (Wildman–Crippen LogP) is 1.31. The van der Waals surface area contributed by atoms with Crippen LogP contribution in [0, 0.1) is 0 Å². The van der Waals surface area contributed by atoms with E-state index in [4.69, 9.17) is 5.11 Å². The highest BCUT2D eigenvalue weighted by molar-refractivity contribution is 5.78. The second-order valence-electron chi connectivity index (χ2n) is 3.46. The fraction of sp³-hybridized carbons (Fsp3) is 0.0833. The average Bonchev–Trinajstić information content (AvgIpc) is 2.84. The highest BCUT2D eigenvalue weighted by Crippen LogP contribution is 2.06. The first kappa shape index (κ1) is 11.8. The van der Waals surface area contributed by atoms with E-state index in [0.29, 0.717) is 0 Å². The minimum absolute atomic E-state index is 0.455. The molecule has 6 nitrogen and oxygen atoms in total. The molecule has 0 amide bonds. The van der Waals surface area contributed by atoms with Crippen LogP contribution in [-0.4, -0.2) is 33.7 Å². The number of benzene rings is 1. The van der Waals surface area contributed by atoms with Crippen molar-refractivity contribution in [2.75, 3.05) is 6.61 Å². The average molecular weight is 245 g/mol. The molecule has 1 N–H and O–H groups in total. The van der Waals surface area contributed by atoms with Gasteiger partial charge in [0.2, 0.25) is 6.61 Å². The highest BCUT2D eigenvalue weighted by atomic mass is 16.6. The van der Waals surface area contributed by atoms with Crippen molar-refractivity contribution in [2.24, 2.45) is 5.16 Å². The number of carboxylic acid groups (broad SMARTS) is 1. The van der Waals surface area contributed by atoms with Gasteiger partial charge in [-0.05, 0) is 12.1 Å². The zero-order valence-corrected chi connectivity index (χ0v) is 9.43. The monoisotopic (exact) mass is 245 g/mol. The largest absolute Gasteiger partial charge is 0.479 e. The molecule has 0 unspecified atom stereocenters. The highest BCUT2D eigenvalue weighted by Gasteiger charge is 1.98. The molecule has 0 bridgehead atoms. The molecule has 0 aliphatic carbocycles. The number of carboxylic acids is 1. The van der Waals surface area contributed by atoms with E-state index in [-0.39, 0.29) is 0 Å². The third kappa shape index (κ3) is 3.18. The van der Waals surface area contributed by atoms with Crippen LogP contribution in [0.3, 0.4) is 0 Å². The standard InChI is InChI=1S/C12H11N3O3/c16-12(17)9-18-14-7-10-6-13-15(8-10)11-4-2-1-3-5-11/h1-8H,9H2,(H,16,17). The van der Waals surface area contributed by atoms with Gasteiger partial charge >= 0.3 is 5.97 Å². The summed E-state index contributed by atoms with van der Waals surface area (Å²) in [6.45, 7) is -0.455. The number of oxime groups is 1. The van der Waals surface area contributed by atoms with Gasteiger partial charge in [-0.3, -0.25) is 0 Å².